The first-order valence-electron chi connectivity index (χ1n) is 12.5. The molecule has 3 aromatic carbocycles. The van der Waals surface area contributed by atoms with Crippen LogP contribution in [-0.2, 0) is 17.8 Å². The lowest BCUT2D eigenvalue weighted by Gasteiger charge is -2.08. The van der Waals surface area contributed by atoms with E-state index in [1.54, 1.807) is 7.11 Å². The topological polar surface area (TPSA) is 72.9 Å². The second-order valence-corrected chi connectivity index (χ2v) is 8.76. The highest BCUT2D eigenvalue weighted by atomic mass is 16.5. The maximum absolute atomic E-state index is 5.80. The Morgan fingerprint density at radius 3 is 2.11 bits per heavy atom. The van der Waals surface area contributed by atoms with Crippen LogP contribution in [0, 0.1) is 0 Å². The zero-order valence-electron chi connectivity index (χ0n) is 20.5. The molecule has 0 aliphatic carbocycles. The summed E-state index contributed by atoms with van der Waals surface area (Å²) < 4.78 is 11.0. The second-order valence-electron chi connectivity index (χ2n) is 8.76. The van der Waals surface area contributed by atoms with E-state index in [0.29, 0.717) is 12.4 Å². The van der Waals surface area contributed by atoms with Gasteiger partial charge in [-0.1, -0.05) is 86.3 Å². The number of ether oxygens (including phenoxy) is 2. The van der Waals surface area contributed by atoms with Crippen LogP contribution in [0.5, 0.6) is 5.75 Å². The number of aryl methyl sites for hydroxylation is 1. The summed E-state index contributed by atoms with van der Waals surface area (Å²) in [6.07, 6.45) is 8.55. The number of tetrazole rings is 1. The maximum Gasteiger partial charge on any atom is 0.180 e. The third-order valence-electron chi connectivity index (χ3n) is 6.22. The molecule has 0 fully saturated rings. The Kier molecular flexibility index (Phi) is 9.42. The van der Waals surface area contributed by atoms with Crippen molar-refractivity contribution in [3.8, 4) is 28.3 Å². The molecule has 0 bridgehead atoms. The van der Waals surface area contributed by atoms with E-state index in [4.69, 9.17) is 9.47 Å². The van der Waals surface area contributed by atoms with Crippen molar-refractivity contribution in [2.75, 3.05) is 13.7 Å². The Labute approximate surface area is 207 Å². The Hall–Kier alpha value is -3.51. The highest BCUT2D eigenvalue weighted by Crippen LogP contribution is 2.29. The van der Waals surface area contributed by atoms with E-state index in [2.05, 4.69) is 63.1 Å². The standard InChI is InChI=1S/C29H34N4O2/c1-34-26-19-15-24(16-20-26)22-35-21-9-5-3-2-4-6-10-23-13-17-25(18-14-23)27-11-7-8-12-28(27)29-30-32-33-31-29/h7-8,11-20H,2-6,9-10,21-22H2,1H3,(H,30,31,32,33). The average Bonchev–Trinajstić information content (AvgIpc) is 3.45. The molecule has 4 rings (SSSR count). The van der Waals surface area contributed by atoms with Gasteiger partial charge in [0.25, 0.3) is 0 Å². The molecule has 0 aliphatic rings. The highest BCUT2D eigenvalue weighted by Gasteiger charge is 2.09. The predicted molar refractivity (Wildman–Crippen MR) is 139 cm³/mol. The lowest BCUT2D eigenvalue weighted by Crippen LogP contribution is -1.96. The summed E-state index contributed by atoms with van der Waals surface area (Å²) in [5.41, 5.74) is 5.89. The molecule has 0 spiro atoms. The fraction of sp³-hybridized carbons (Fsp3) is 0.345. The largest absolute Gasteiger partial charge is 0.497 e. The number of nitrogens with zero attached hydrogens (tertiary/aromatic N) is 3. The lowest BCUT2D eigenvalue weighted by atomic mass is 9.97. The molecule has 1 aromatic heterocycles. The van der Waals surface area contributed by atoms with Crippen molar-refractivity contribution in [3.63, 3.8) is 0 Å². The summed E-state index contributed by atoms with van der Waals surface area (Å²) in [4.78, 5) is 0. The summed E-state index contributed by atoms with van der Waals surface area (Å²) in [5, 5.41) is 14.3. The molecule has 0 atom stereocenters. The molecule has 0 amide bonds. The van der Waals surface area contributed by atoms with Crippen LogP contribution in [0.1, 0.15) is 49.7 Å². The van der Waals surface area contributed by atoms with E-state index in [-0.39, 0.29) is 0 Å². The SMILES string of the molecule is COc1ccc(COCCCCCCCCc2ccc(-c3ccccc3-c3nnn[nH]3)cc2)cc1. The molecule has 1 N–H and O–H groups in total. The average molecular weight is 471 g/mol. The van der Waals surface area contributed by atoms with Gasteiger partial charge in [-0.25, -0.2) is 5.10 Å². The molecule has 4 aromatic rings. The molecule has 35 heavy (non-hydrogen) atoms. The summed E-state index contributed by atoms with van der Waals surface area (Å²) in [5.74, 6) is 1.57. The van der Waals surface area contributed by atoms with Crippen LogP contribution in [0.3, 0.4) is 0 Å². The van der Waals surface area contributed by atoms with Gasteiger partial charge in [0, 0.05) is 12.2 Å². The normalized spacial score (nSPS) is 11.0. The number of methoxy groups -OCH3 is 1. The first kappa shape index (κ1) is 24.6. The second kappa shape index (κ2) is 13.4. The Bertz CT molecular complexity index is 1130. The van der Waals surface area contributed by atoms with Crippen LogP contribution in [-0.4, -0.2) is 34.3 Å². The number of aromatic amines is 1. The Morgan fingerprint density at radius 1 is 0.714 bits per heavy atom. The highest BCUT2D eigenvalue weighted by molar-refractivity contribution is 5.80. The molecular weight excluding hydrogens is 436 g/mol. The van der Waals surface area contributed by atoms with Gasteiger partial charge >= 0.3 is 0 Å². The van der Waals surface area contributed by atoms with Crippen molar-refractivity contribution < 1.29 is 9.47 Å². The van der Waals surface area contributed by atoms with Gasteiger partial charge in [-0.05, 0) is 64.1 Å². The van der Waals surface area contributed by atoms with Crippen LogP contribution >= 0.6 is 0 Å². The molecule has 0 radical (unpaired) electrons. The van der Waals surface area contributed by atoms with Gasteiger partial charge in [0.2, 0.25) is 0 Å². The number of nitrogens with one attached hydrogen (secondary N) is 1. The zero-order valence-corrected chi connectivity index (χ0v) is 20.5. The minimum Gasteiger partial charge on any atom is -0.497 e. The Balaban J connectivity index is 1.09. The zero-order chi connectivity index (χ0) is 24.1. The van der Waals surface area contributed by atoms with E-state index in [1.165, 1.54) is 48.8 Å². The molecule has 0 saturated carbocycles. The van der Waals surface area contributed by atoms with Crippen LogP contribution in [0.4, 0.5) is 0 Å². The first-order chi connectivity index (χ1) is 17.3. The fourth-order valence-electron chi connectivity index (χ4n) is 4.22. The molecule has 1 heterocycles. The summed E-state index contributed by atoms with van der Waals surface area (Å²) in [7, 11) is 1.68. The summed E-state index contributed by atoms with van der Waals surface area (Å²) in [6.45, 7) is 1.50. The third-order valence-corrected chi connectivity index (χ3v) is 6.22. The van der Waals surface area contributed by atoms with Gasteiger partial charge in [0.15, 0.2) is 5.82 Å². The van der Waals surface area contributed by atoms with E-state index in [9.17, 15) is 0 Å². The molecule has 182 valence electrons. The van der Waals surface area contributed by atoms with Crippen LogP contribution in [0.15, 0.2) is 72.8 Å². The lowest BCUT2D eigenvalue weighted by molar-refractivity contribution is 0.116. The van der Waals surface area contributed by atoms with Crippen LogP contribution in [0.25, 0.3) is 22.5 Å². The smallest absolute Gasteiger partial charge is 0.180 e. The number of benzene rings is 3. The number of hydrogen-bond donors (Lipinski definition) is 1. The van der Waals surface area contributed by atoms with Crippen LogP contribution in [0.2, 0.25) is 0 Å². The van der Waals surface area contributed by atoms with Crippen molar-refractivity contribution in [2.45, 2.75) is 51.6 Å². The molecule has 6 heteroatoms. The van der Waals surface area contributed by atoms with Crippen molar-refractivity contribution in [2.24, 2.45) is 0 Å². The van der Waals surface area contributed by atoms with E-state index < -0.39 is 0 Å². The van der Waals surface area contributed by atoms with Crippen molar-refractivity contribution in [1.82, 2.24) is 20.6 Å². The minimum atomic E-state index is 0.672. The number of unbranched alkanes of at least 4 members (excludes halogenated alkanes) is 5. The quantitative estimate of drug-likeness (QED) is 0.209. The first-order valence-corrected chi connectivity index (χ1v) is 12.5. The predicted octanol–water partition coefficient (Wildman–Crippen LogP) is 6.64. The number of rotatable bonds is 14. The van der Waals surface area contributed by atoms with Gasteiger partial charge in [0.05, 0.1) is 13.7 Å². The number of H-pyrrole nitrogens is 1. The van der Waals surface area contributed by atoms with Gasteiger partial charge in [-0.15, -0.1) is 5.10 Å². The number of aromatic nitrogens is 4. The van der Waals surface area contributed by atoms with Crippen molar-refractivity contribution in [1.29, 1.82) is 0 Å². The minimum absolute atomic E-state index is 0.672. The molecule has 6 nitrogen and oxygen atoms in total. The van der Waals surface area contributed by atoms with Gasteiger partial charge in [0.1, 0.15) is 5.75 Å². The summed E-state index contributed by atoms with van der Waals surface area (Å²) >= 11 is 0. The van der Waals surface area contributed by atoms with Crippen molar-refractivity contribution in [3.05, 3.63) is 83.9 Å². The van der Waals surface area contributed by atoms with Gasteiger partial charge in [-0.2, -0.15) is 0 Å². The van der Waals surface area contributed by atoms with E-state index >= 15 is 0 Å². The van der Waals surface area contributed by atoms with Crippen LogP contribution < -0.4 is 4.74 Å². The van der Waals surface area contributed by atoms with Crippen molar-refractivity contribution >= 4 is 0 Å². The Morgan fingerprint density at radius 2 is 1.40 bits per heavy atom. The van der Waals surface area contributed by atoms with Gasteiger partial charge < -0.3 is 9.47 Å². The van der Waals surface area contributed by atoms with E-state index in [0.717, 1.165) is 36.3 Å². The molecule has 0 saturated heterocycles. The molecular formula is C29H34N4O2. The van der Waals surface area contributed by atoms with E-state index in [1.807, 2.05) is 30.3 Å². The van der Waals surface area contributed by atoms with Gasteiger partial charge in [-0.3, -0.25) is 0 Å². The fourth-order valence-corrected chi connectivity index (χ4v) is 4.22. The maximum atomic E-state index is 5.80. The third kappa shape index (κ3) is 7.49. The number of hydrogen-bond acceptors (Lipinski definition) is 5. The molecule has 0 aliphatic heterocycles. The monoisotopic (exact) mass is 470 g/mol. The molecule has 0 unspecified atom stereocenters. The summed E-state index contributed by atoms with van der Waals surface area (Å²) in [6, 6.07) is 25.1.